The summed E-state index contributed by atoms with van der Waals surface area (Å²) >= 11 is 0. The van der Waals surface area contributed by atoms with Gasteiger partial charge in [0.25, 0.3) is 0 Å². The molecule has 0 aliphatic heterocycles. The molecule has 0 aromatic heterocycles. The molecule has 1 aliphatic rings. The van der Waals surface area contributed by atoms with E-state index in [0.717, 1.165) is 19.3 Å². The van der Waals surface area contributed by atoms with Gasteiger partial charge in [-0.05, 0) is 31.0 Å². The van der Waals surface area contributed by atoms with Gasteiger partial charge in [-0.1, -0.05) is 12.5 Å². The predicted octanol–water partition coefficient (Wildman–Crippen LogP) is 1.44. The molecule has 88 valence electrons. The predicted molar refractivity (Wildman–Crippen MR) is 63.4 cm³/mol. The Hall–Kier alpha value is -1.07. The second-order valence-corrected chi connectivity index (χ2v) is 6.18. The number of nitrogens with zero attached hydrogens (tertiary/aromatic N) is 1. The zero-order valence-electron chi connectivity index (χ0n) is 9.26. The smallest absolute Gasteiger partial charge is 0.243 e. The molecule has 0 radical (unpaired) electrons. The van der Waals surface area contributed by atoms with E-state index in [2.05, 4.69) is 0 Å². The Morgan fingerprint density at radius 2 is 2.06 bits per heavy atom. The van der Waals surface area contributed by atoms with E-state index in [0.29, 0.717) is 5.69 Å². The van der Waals surface area contributed by atoms with Crippen LogP contribution in [0.25, 0.3) is 0 Å². The summed E-state index contributed by atoms with van der Waals surface area (Å²) in [5, 5.41) is 0. The van der Waals surface area contributed by atoms with Crippen LogP contribution in [0, 0.1) is 0 Å². The number of sulfonamides is 1. The third kappa shape index (κ3) is 1.92. The zero-order valence-corrected chi connectivity index (χ0v) is 10.1. The monoisotopic (exact) mass is 240 g/mol. The summed E-state index contributed by atoms with van der Waals surface area (Å²) in [4.78, 5) is 0.280. The van der Waals surface area contributed by atoms with Crippen LogP contribution in [0.3, 0.4) is 0 Å². The van der Waals surface area contributed by atoms with Crippen LogP contribution in [0.1, 0.15) is 19.3 Å². The minimum absolute atomic E-state index is 0.159. The molecule has 1 aromatic rings. The lowest BCUT2D eigenvalue weighted by molar-refractivity contribution is 0.249. The molecular weight excluding hydrogens is 224 g/mol. The van der Waals surface area contributed by atoms with Crippen molar-refractivity contribution in [3.63, 3.8) is 0 Å². The topological polar surface area (TPSA) is 63.4 Å². The van der Waals surface area contributed by atoms with E-state index in [-0.39, 0.29) is 10.9 Å². The molecule has 0 saturated heterocycles. The molecule has 2 rings (SSSR count). The molecule has 0 heterocycles. The fourth-order valence-corrected chi connectivity index (χ4v) is 3.26. The van der Waals surface area contributed by atoms with Gasteiger partial charge in [0.15, 0.2) is 0 Å². The van der Waals surface area contributed by atoms with Crippen molar-refractivity contribution in [3.05, 3.63) is 24.3 Å². The molecule has 0 atom stereocenters. The summed E-state index contributed by atoms with van der Waals surface area (Å²) in [7, 11) is -1.73. The highest BCUT2D eigenvalue weighted by atomic mass is 32.2. The molecule has 0 amide bonds. The quantitative estimate of drug-likeness (QED) is 0.813. The van der Waals surface area contributed by atoms with Gasteiger partial charge in [0.05, 0.1) is 4.90 Å². The Morgan fingerprint density at radius 1 is 1.38 bits per heavy atom. The number of benzene rings is 1. The van der Waals surface area contributed by atoms with E-state index >= 15 is 0 Å². The van der Waals surface area contributed by atoms with Crippen molar-refractivity contribution in [1.29, 1.82) is 0 Å². The first kappa shape index (κ1) is 11.4. The first-order chi connectivity index (χ1) is 7.51. The normalized spacial score (nSPS) is 17.4. The van der Waals surface area contributed by atoms with Gasteiger partial charge in [-0.2, -0.15) is 4.31 Å². The summed E-state index contributed by atoms with van der Waals surface area (Å²) in [6.45, 7) is 0. The van der Waals surface area contributed by atoms with E-state index in [1.165, 1.54) is 10.4 Å². The van der Waals surface area contributed by atoms with Gasteiger partial charge in [0.1, 0.15) is 0 Å². The van der Waals surface area contributed by atoms with Crippen molar-refractivity contribution in [2.75, 3.05) is 12.8 Å². The van der Waals surface area contributed by atoms with Gasteiger partial charge < -0.3 is 5.73 Å². The van der Waals surface area contributed by atoms with Crippen molar-refractivity contribution in [2.45, 2.75) is 30.2 Å². The van der Waals surface area contributed by atoms with Crippen molar-refractivity contribution in [1.82, 2.24) is 4.31 Å². The summed E-state index contributed by atoms with van der Waals surface area (Å²) < 4.78 is 25.8. The van der Waals surface area contributed by atoms with Crippen molar-refractivity contribution >= 4 is 15.7 Å². The van der Waals surface area contributed by atoms with Crippen LogP contribution in [0.4, 0.5) is 5.69 Å². The summed E-state index contributed by atoms with van der Waals surface area (Å²) in [6, 6.07) is 6.59. The zero-order chi connectivity index (χ0) is 11.8. The highest BCUT2D eigenvalue weighted by Gasteiger charge is 2.31. The molecule has 0 spiro atoms. The Bertz CT molecular complexity index is 481. The second-order valence-electron chi connectivity index (χ2n) is 4.18. The minimum Gasteiger partial charge on any atom is -0.399 e. The average Bonchev–Trinajstić information content (AvgIpc) is 2.15. The van der Waals surface area contributed by atoms with Crippen LogP contribution < -0.4 is 5.73 Å². The summed E-state index contributed by atoms with van der Waals surface area (Å²) in [5.41, 5.74) is 6.07. The highest BCUT2D eigenvalue weighted by Crippen LogP contribution is 2.28. The van der Waals surface area contributed by atoms with Crippen LogP contribution in [-0.2, 0) is 10.0 Å². The maximum absolute atomic E-state index is 12.2. The van der Waals surface area contributed by atoms with E-state index in [1.54, 1.807) is 25.2 Å². The van der Waals surface area contributed by atoms with Gasteiger partial charge in [0.2, 0.25) is 10.0 Å². The first-order valence-electron chi connectivity index (χ1n) is 5.35. The molecule has 0 bridgehead atoms. The van der Waals surface area contributed by atoms with E-state index in [9.17, 15) is 8.42 Å². The van der Waals surface area contributed by atoms with Crippen LogP contribution in [-0.4, -0.2) is 25.8 Å². The van der Waals surface area contributed by atoms with E-state index < -0.39 is 10.0 Å². The molecular formula is C11H16N2O2S. The average molecular weight is 240 g/mol. The number of hydrogen-bond acceptors (Lipinski definition) is 3. The number of hydrogen-bond donors (Lipinski definition) is 1. The molecule has 1 saturated carbocycles. The van der Waals surface area contributed by atoms with E-state index in [4.69, 9.17) is 5.73 Å². The summed E-state index contributed by atoms with van der Waals surface area (Å²) in [5.74, 6) is 0. The fourth-order valence-electron chi connectivity index (χ4n) is 1.79. The highest BCUT2D eigenvalue weighted by molar-refractivity contribution is 7.89. The van der Waals surface area contributed by atoms with Crippen molar-refractivity contribution in [2.24, 2.45) is 0 Å². The molecule has 5 heteroatoms. The molecule has 1 aliphatic carbocycles. The van der Waals surface area contributed by atoms with Gasteiger partial charge >= 0.3 is 0 Å². The molecule has 4 nitrogen and oxygen atoms in total. The fraction of sp³-hybridized carbons (Fsp3) is 0.455. The SMILES string of the molecule is CN(C1CCC1)S(=O)(=O)c1cccc(N)c1. The van der Waals surface area contributed by atoms with Crippen LogP contribution in [0.15, 0.2) is 29.2 Å². The van der Waals surface area contributed by atoms with Gasteiger partial charge in [0, 0.05) is 18.8 Å². The Balaban J connectivity index is 2.30. The lowest BCUT2D eigenvalue weighted by Crippen LogP contribution is -2.41. The van der Waals surface area contributed by atoms with E-state index in [1.807, 2.05) is 0 Å². The van der Waals surface area contributed by atoms with Crippen LogP contribution in [0.5, 0.6) is 0 Å². The third-order valence-electron chi connectivity index (χ3n) is 3.12. The third-order valence-corrected chi connectivity index (χ3v) is 5.03. The summed E-state index contributed by atoms with van der Waals surface area (Å²) in [6.07, 6.45) is 3.03. The van der Waals surface area contributed by atoms with Crippen molar-refractivity contribution in [3.8, 4) is 0 Å². The lowest BCUT2D eigenvalue weighted by atomic mass is 9.94. The molecule has 0 unspecified atom stereocenters. The number of rotatable bonds is 3. The molecule has 2 N–H and O–H groups in total. The number of nitrogen functional groups attached to an aromatic ring is 1. The second kappa shape index (κ2) is 4.07. The van der Waals surface area contributed by atoms with Gasteiger partial charge in [-0.15, -0.1) is 0 Å². The number of anilines is 1. The van der Waals surface area contributed by atoms with Crippen LogP contribution in [0.2, 0.25) is 0 Å². The van der Waals surface area contributed by atoms with Gasteiger partial charge in [-0.3, -0.25) is 0 Å². The standard InChI is InChI=1S/C11H16N2O2S/c1-13(10-5-3-6-10)16(14,15)11-7-2-4-9(12)8-11/h2,4,7-8,10H,3,5-6,12H2,1H3. The van der Waals surface area contributed by atoms with Gasteiger partial charge in [-0.25, -0.2) is 8.42 Å². The largest absolute Gasteiger partial charge is 0.399 e. The maximum atomic E-state index is 12.2. The molecule has 1 fully saturated rings. The van der Waals surface area contributed by atoms with Crippen LogP contribution >= 0.6 is 0 Å². The first-order valence-corrected chi connectivity index (χ1v) is 6.79. The van der Waals surface area contributed by atoms with Crippen molar-refractivity contribution < 1.29 is 8.42 Å². The number of nitrogens with two attached hydrogens (primary N) is 1. The maximum Gasteiger partial charge on any atom is 0.243 e. The lowest BCUT2D eigenvalue weighted by Gasteiger charge is -2.33. The molecule has 1 aromatic carbocycles. The minimum atomic E-state index is -3.37. The Kier molecular flexibility index (Phi) is 2.90. The Labute approximate surface area is 96.1 Å². The molecule has 16 heavy (non-hydrogen) atoms. The Morgan fingerprint density at radius 3 is 2.56 bits per heavy atom.